The summed E-state index contributed by atoms with van der Waals surface area (Å²) in [6, 6.07) is 17.1. The lowest BCUT2D eigenvalue weighted by Gasteiger charge is -2.09. The topological polar surface area (TPSA) is 69.0 Å². The number of hydrogen-bond donors (Lipinski definition) is 1. The van der Waals surface area contributed by atoms with Gasteiger partial charge in [-0.25, -0.2) is 0 Å². The number of hydrogen-bond acceptors (Lipinski definition) is 4. The summed E-state index contributed by atoms with van der Waals surface area (Å²) >= 11 is 0. The van der Waals surface area contributed by atoms with Crippen molar-refractivity contribution in [1.29, 1.82) is 0 Å². The molecule has 1 N–H and O–H groups in total. The van der Waals surface area contributed by atoms with Gasteiger partial charge in [-0.1, -0.05) is 36.4 Å². The third-order valence-corrected chi connectivity index (χ3v) is 4.44. The predicted octanol–water partition coefficient (Wildman–Crippen LogP) is 2.73. The van der Waals surface area contributed by atoms with Gasteiger partial charge in [-0.15, -0.1) is 10.2 Å². The Morgan fingerprint density at radius 3 is 2.88 bits per heavy atom. The third-order valence-electron chi connectivity index (χ3n) is 4.44. The molecule has 0 unspecified atom stereocenters. The van der Waals surface area contributed by atoms with E-state index in [4.69, 9.17) is 4.74 Å². The zero-order valence-corrected chi connectivity index (χ0v) is 14.4. The van der Waals surface area contributed by atoms with Gasteiger partial charge in [0, 0.05) is 18.5 Å². The average molecular weight is 348 g/mol. The van der Waals surface area contributed by atoms with Crippen LogP contribution in [-0.4, -0.2) is 20.7 Å². The van der Waals surface area contributed by atoms with Crippen LogP contribution < -0.4 is 10.1 Å². The quantitative estimate of drug-likeness (QED) is 0.744. The van der Waals surface area contributed by atoms with Crippen molar-refractivity contribution in [2.24, 2.45) is 0 Å². The molecule has 132 valence electrons. The molecule has 0 bridgehead atoms. The van der Waals surface area contributed by atoms with Gasteiger partial charge in [-0.2, -0.15) is 0 Å². The Hall–Kier alpha value is -3.15. The van der Waals surface area contributed by atoms with Crippen molar-refractivity contribution in [1.82, 2.24) is 20.1 Å². The van der Waals surface area contributed by atoms with Gasteiger partial charge in [0.1, 0.15) is 18.2 Å². The number of aryl methyl sites for hydroxylation is 1. The van der Waals surface area contributed by atoms with Crippen molar-refractivity contribution in [2.75, 3.05) is 0 Å². The summed E-state index contributed by atoms with van der Waals surface area (Å²) in [5.41, 5.74) is 1.65. The van der Waals surface area contributed by atoms with Crippen LogP contribution >= 0.6 is 0 Å². The van der Waals surface area contributed by atoms with Gasteiger partial charge in [-0.3, -0.25) is 4.79 Å². The van der Waals surface area contributed by atoms with Crippen LogP contribution in [0.25, 0.3) is 0 Å². The molecule has 3 aromatic rings. The number of carbonyl (C=O) groups is 1. The van der Waals surface area contributed by atoms with E-state index in [-0.39, 0.29) is 5.91 Å². The van der Waals surface area contributed by atoms with E-state index in [1.54, 1.807) is 12.1 Å². The largest absolute Gasteiger partial charge is 0.489 e. The molecule has 0 atom stereocenters. The number of rotatable bonds is 6. The number of amides is 1. The number of nitrogens with one attached hydrogen (secondary N) is 1. The molecule has 6 heteroatoms. The number of fused-ring (bicyclic) bond motifs is 1. The highest BCUT2D eigenvalue weighted by Crippen LogP contribution is 2.16. The van der Waals surface area contributed by atoms with Gasteiger partial charge in [0.2, 0.25) is 0 Å². The molecule has 2 aromatic carbocycles. The smallest absolute Gasteiger partial charge is 0.251 e. The van der Waals surface area contributed by atoms with Crippen molar-refractivity contribution in [3.05, 3.63) is 77.4 Å². The number of carbonyl (C=O) groups excluding carboxylic acids is 1. The van der Waals surface area contributed by atoms with E-state index in [0.29, 0.717) is 24.5 Å². The highest BCUT2D eigenvalue weighted by Gasteiger charge is 2.17. The normalized spacial score (nSPS) is 12.6. The molecule has 0 saturated carbocycles. The fourth-order valence-electron chi connectivity index (χ4n) is 3.07. The SMILES string of the molecule is O=C(NCc1nnc2n1CCC2)c1cccc(OCc2ccccc2)c1. The standard InChI is InChI=1S/C20H20N4O2/c25-20(21-13-19-23-22-18-10-5-11-24(18)19)16-8-4-9-17(12-16)26-14-15-6-2-1-3-7-15/h1-4,6-9,12H,5,10-11,13-14H2,(H,21,25). The van der Waals surface area contributed by atoms with E-state index in [9.17, 15) is 4.79 Å². The maximum Gasteiger partial charge on any atom is 0.251 e. The highest BCUT2D eigenvalue weighted by molar-refractivity contribution is 5.94. The first kappa shape index (κ1) is 16.3. The first-order chi connectivity index (χ1) is 12.8. The molecule has 0 aliphatic carbocycles. The van der Waals surface area contributed by atoms with Gasteiger partial charge in [0.15, 0.2) is 5.82 Å². The third kappa shape index (κ3) is 3.59. The minimum atomic E-state index is -0.148. The zero-order valence-electron chi connectivity index (χ0n) is 14.4. The molecule has 1 aliphatic heterocycles. The Kier molecular flexibility index (Phi) is 4.64. The fraction of sp³-hybridized carbons (Fsp3) is 0.250. The second kappa shape index (κ2) is 7.39. The summed E-state index contributed by atoms with van der Waals surface area (Å²) in [5.74, 6) is 2.34. The number of ether oxygens (including phenoxy) is 1. The van der Waals surface area contributed by atoms with Crippen LogP contribution in [0.5, 0.6) is 5.75 Å². The van der Waals surface area contributed by atoms with Crippen LogP contribution in [0.4, 0.5) is 0 Å². The van der Waals surface area contributed by atoms with E-state index in [1.807, 2.05) is 42.5 Å². The Morgan fingerprint density at radius 2 is 2.00 bits per heavy atom. The lowest BCUT2D eigenvalue weighted by molar-refractivity contribution is 0.0949. The predicted molar refractivity (Wildman–Crippen MR) is 96.7 cm³/mol. The summed E-state index contributed by atoms with van der Waals surface area (Å²) in [4.78, 5) is 12.4. The van der Waals surface area contributed by atoms with Gasteiger partial charge < -0.3 is 14.6 Å². The number of benzene rings is 2. The van der Waals surface area contributed by atoms with Crippen LogP contribution in [0, 0.1) is 0 Å². The molecule has 0 radical (unpaired) electrons. The van der Waals surface area contributed by atoms with Crippen LogP contribution in [0.15, 0.2) is 54.6 Å². The first-order valence-corrected chi connectivity index (χ1v) is 8.75. The van der Waals surface area contributed by atoms with Crippen LogP contribution in [0.3, 0.4) is 0 Å². The molecular formula is C20H20N4O2. The minimum absolute atomic E-state index is 0.148. The molecule has 26 heavy (non-hydrogen) atoms. The monoisotopic (exact) mass is 348 g/mol. The summed E-state index contributed by atoms with van der Waals surface area (Å²) < 4.78 is 7.87. The number of aromatic nitrogens is 3. The van der Waals surface area contributed by atoms with E-state index in [0.717, 1.165) is 36.6 Å². The molecule has 1 aromatic heterocycles. The molecule has 1 amide bonds. The summed E-state index contributed by atoms with van der Waals surface area (Å²) in [6.45, 7) is 1.77. The van der Waals surface area contributed by atoms with E-state index in [2.05, 4.69) is 20.1 Å². The minimum Gasteiger partial charge on any atom is -0.489 e. The Labute approximate surface area is 151 Å². The van der Waals surface area contributed by atoms with Gasteiger partial charge in [0.05, 0.1) is 6.54 Å². The molecule has 0 saturated heterocycles. The van der Waals surface area contributed by atoms with Crippen LogP contribution in [-0.2, 0) is 26.1 Å². The van der Waals surface area contributed by atoms with Crippen LogP contribution in [0.2, 0.25) is 0 Å². The molecule has 2 heterocycles. The van der Waals surface area contributed by atoms with Gasteiger partial charge in [-0.05, 0) is 30.2 Å². The van der Waals surface area contributed by atoms with E-state index < -0.39 is 0 Å². The van der Waals surface area contributed by atoms with Gasteiger partial charge >= 0.3 is 0 Å². The highest BCUT2D eigenvalue weighted by atomic mass is 16.5. The molecule has 6 nitrogen and oxygen atoms in total. The maximum absolute atomic E-state index is 12.4. The van der Waals surface area contributed by atoms with Crippen molar-refractivity contribution < 1.29 is 9.53 Å². The zero-order chi connectivity index (χ0) is 17.8. The second-order valence-electron chi connectivity index (χ2n) is 6.27. The second-order valence-corrected chi connectivity index (χ2v) is 6.27. The van der Waals surface area contributed by atoms with E-state index >= 15 is 0 Å². The molecule has 0 fully saturated rings. The lowest BCUT2D eigenvalue weighted by Crippen LogP contribution is -2.24. The molecular weight excluding hydrogens is 328 g/mol. The van der Waals surface area contributed by atoms with Crippen molar-refractivity contribution in [3.8, 4) is 5.75 Å². The summed E-state index contributed by atoms with van der Waals surface area (Å²) in [6.07, 6.45) is 2.05. The maximum atomic E-state index is 12.4. The van der Waals surface area contributed by atoms with E-state index in [1.165, 1.54) is 0 Å². The lowest BCUT2D eigenvalue weighted by atomic mass is 10.2. The Balaban J connectivity index is 1.37. The van der Waals surface area contributed by atoms with Gasteiger partial charge in [0.25, 0.3) is 5.91 Å². The van der Waals surface area contributed by atoms with Crippen LogP contribution in [0.1, 0.15) is 34.0 Å². The molecule has 0 spiro atoms. The fourth-order valence-corrected chi connectivity index (χ4v) is 3.07. The Bertz CT molecular complexity index is 905. The molecule has 4 rings (SSSR count). The van der Waals surface area contributed by atoms with Crippen molar-refractivity contribution in [2.45, 2.75) is 32.5 Å². The first-order valence-electron chi connectivity index (χ1n) is 8.75. The Morgan fingerprint density at radius 1 is 1.12 bits per heavy atom. The average Bonchev–Trinajstić information content (AvgIpc) is 3.30. The summed E-state index contributed by atoms with van der Waals surface area (Å²) in [7, 11) is 0. The summed E-state index contributed by atoms with van der Waals surface area (Å²) in [5, 5.41) is 11.2. The number of nitrogens with zero attached hydrogens (tertiary/aromatic N) is 3. The van der Waals surface area contributed by atoms with Crippen molar-refractivity contribution in [3.63, 3.8) is 0 Å². The van der Waals surface area contributed by atoms with Crippen molar-refractivity contribution >= 4 is 5.91 Å². The molecule has 1 aliphatic rings.